The standard InChI is InChI=1S/C41H36N4O2S2/c1-3-10-34(11-4-1)42-44-40(26-24-38-14-7-30-48-38)32-16-20-36(21-17-32)46-28-9-29-47-37-22-18-33(19-23-37)41(27-25-39-15-8-31-49-39)45-43-35-12-5-2-6-13-35/h1-8,10-27,30-31,42-43H,9,28-29H2/b26-24+,27-25+,44-40+,45-41+. The lowest BCUT2D eigenvalue weighted by Crippen LogP contribution is -2.06. The van der Waals surface area contributed by atoms with Gasteiger partial charge in [0.1, 0.15) is 11.5 Å². The third kappa shape index (κ3) is 10.7. The van der Waals surface area contributed by atoms with E-state index < -0.39 is 0 Å². The molecule has 0 aliphatic carbocycles. The maximum absolute atomic E-state index is 6.02. The first-order chi connectivity index (χ1) is 24.3. The van der Waals surface area contributed by atoms with Crippen LogP contribution < -0.4 is 20.3 Å². The highest BCUT2D eigenvalue weighted by Crippen LogP contribution is 2.19. The number of benzene rings is 4. The zero-order valence-electron chi connectivity index (χ0n) is 26.8. The molecule has 2 aromatic heterocycles. The molecule has 0 atom stereocenters. The van der Waals surface area contributed by atoms with Crippen molar-refractivity contribution in [1.82, 2.24) is 0 Å². The quantitative estimate of drug-likeness (QED) is 0.0607. The smallest absolute Gasteiger partial charge is 0.119 e. The van der Waals surface area contributed by atoms with Gasteiger partial charge in [-0.05, 0) is 120 Å². The monoisotopic (exact) mass is 680 g/mol. The van der Waals surface area contributed by atoms with Gasteiger partial charge in [0, 0.05) is 27.3 Å². The van der Waals surface area contributed by atoms with Crippen molar-refractivity contribution in [2.45, 2.75) is 6.42 Å². The Morgan fingerprint density at radius 3 is 1.33 bits per heavy atom. The molecular formula is C41H36N4O2S2. The molecule has 0 fully saturated rings. The Balaban J connectivity index is 1.00. The third-order valence-corrected chi connectivity index (χ3v) is 8.86. The normalized spacial score (nSPS) is 12.0. The molecule has 6 rings (SSSR count). The second kappa shape index (κ2) is 18.0. The average Bonchev–Trinajstić information content (AvgIpc) is 3.89. The zero-order valence-corrected chi connectivity index (χ0v) is 28.4. The van der Waals surface area contributed by atoms with Gasteiger partial charge in [-0.2, -0.15) is 10.2 Å². The van der Waals surface area contributed by atoms with Gasteiger partial charge in [0.15, 0.2) is 0 Å². The number of nitrogens with zero attached hydrogens (tertiary/aromatic N) is 2. The van der Waals surface area contributed by atoms with Crippen molar-refractivity contribution < 1.29 is 9.47 Å². The lowest BCUT2D eigenvalue weighted by Gasteiger charge is -2.10. The summed E-state index contributed by atoms with van der Waals surface area (Å²) >= 11 is 3.38. The van der Waals surface area contributed by atoms with E-state index in [-0.39, 0.29) is 0 Å². The lowest BCUT2D eigenvalue weighted by atomic mass is 10.1. The molecule has 0 spiro atoms. The van der Waals surface area contributed by atoms with Gasteiger partial charge < -0.3 is 9.47 Å². The van der Waals surface area contributed by atoms with E-state index in [1.54, 1.807) is 22.7 Å². The van der Waals surface area contributed by atoms with Crippen molar-refractivity contribution in [2.75, 3.05) is 24.1 Å². The van der Waals surface area contributed by atoms with E-state index in [9.17, 15) is 0 Å². The summed E-state index contributed by atoms with van der Waals surface area (Å²) in [6.07, 6.45) is 8.95. The Morgan fingerprint density at radius 2 is 0.939 bits per heavy atom. The Bertz CT molecular complexity index is 1810. The minimum Gasteiger partial charge on any atom is -0.493 e. The number of hydrazone groups is 2. The van der Waals surface area contributed by atoms with Crippen LogP contribution in [0.5, 0.6) is 11.5 Å². The van der Waals surface area contributed by atoms with E-state index in [1.165, 1.54) is 9.75 Å². The van der Waals surface area contributed by atoms with Gasteiger partial charge in [-0.1, -0.05) is 48.5 Å². The molecule has 0 saturated heterocycles. The Kier molecular flexibility index (Phi) is 12.2. The highest BCUT2D eigenvalue weighted by Gasteiger charge is 2.05. The highest BCUT2D eigenvalue weighted by molar-refractivity contribution is 7.11. The predicted octanol–water partition coefficient (Wildman–Crippen LogP) is 10.7. The summed E-state index contributed by atoms with van der Waals surface area (Å²) in [6, 6.07) is 44.1. The molecule has 2 N–H and O–H groups in total. The summed E-state index contributed by atoms with van der Waals surface area (Å²) in [5.41, 5.74) is 11.8. The van der Waals surface area contributed by atoms with Crippen LogP contribution in [0, 0.1) is 0 Å². The third-order valence-electron chi connectivity index (χ3n) is 7.18. The molecule has 4 aromatic carbocycles. The van der Waals surface area contributed by atoms with Gasteiger partial charge in [-0.25, -0.2) is 0 Å². The fourth-order valence-electron chi connectivity index (χ4n) is 4.65. The Labute approximate surface area is 295 Å². The summed E-state index contributed by atoms with van der Waals surface area (Å²) in [5, 5.41) is 13.5. The molecule has 6 aromatic rings. The first-order valence-electron chi connectivity index (χ1n) is 16.0. The van der Waals surface area contributed by atoms with Gasteiger partial charge in [0.05, 0.1) is 36.0 Å². The maximum Gasteiger partial charge on any atom is 0.119 e. The molecule has 0 saturated carbocycles. The summed E-state index contributed by atoms with van der Waals surface area (Å²) in [4.78, 5) is 2.34. The number of hydrogen-bond acceptors (Lipinski definition) is 8. The number of rotatable bonds is 16. The molecule has 0 aliphatic rings. The van der Waals surface area contributed by atoms with Gasteiger partial charge >= 0.3 is 0 Å². The van der Waals surface area contributed by atoms with Crippen LogP contribution in [0.4, 0.5) is 11.4 Å². The van der Waals surface area contributed by atoms with E-state index in [2.05, 4.69) is 56.1 Å². The predicted molar refractivity (Wildman–Crippen MR) is 208 cm³/mol. The van der Waals surface area contributed by atoms with E-state index in [0.29, 0.717) is 13.2 Å². The first-order valence-corrected chi connectivity index (χ1v) is 17.7. The maximum atomic E-state index is 6.02. The molecule has 8 heteroatoms. The minimum absolute atomic E-state index is 0.543. The lowest BCUT2D eigenvalue weighted by molar-refractivity contribution is 0.247. The number of para-hydroxylation sites is 2. The van der Waals surface area contributed by atoms with Crippen molar-refractivity contribution in [2.24, 2.45) is 10.2 Å². The number of hydrogen-bond donors (Lipinski definition) is 2. The molecule has 6 nitrogen and oxygen atoms in total. The molecule has 0 bridgehead atoms. The van der Waals surface area contributed by atoms with Crippen molar-refractivity contribution in [1.29, 1.82) is 0 Å². The van der Waals surface area contributed by atoms with Crippen LogP contribution in [0.3, 0.4) is 0 Å². The Hall–Kier alpha value is -5.70. The van der Waals surface area contributed by atoms with Crippen LogP contribution >= 0.6 is 22.7 Å². The molecule has 2 heterocycles. The van der Waals surface area contributed by atoms with E-state index in [4.69, 9.17) is 9.47 Å². The SMILES string of the molecule is C(=C\c1cccs1)/C(=N\Nc1ccccc1)c1ccc(OCCCOc2ccc(C(/C=C/c3cccs3)=N/Nc3ccccc3)cc2)cc1. The van der Waals surface area contributed by atoms with Crippen LogP contribution in [0.25, 0.3) is 12.2 Å². The molecule has 0 unspecified atom stereocenters. The van der Waals surface area contributed by atoms with Crippen molar-refractivity contribution in [3.8, 4) is 11.5 Å². The summed E-state index contributed by atoms with van der Waals surface area (Å²) in [6.45, 7) is 1.09. The fraction of sp³-hybridized carbons (Fsp3) is 0.0732. The van der Waals surface area contributed by atoms with Gasteiger partial charge in [0.25, 0.3) is 0 Å². The molecule has 244 valence electrons. The second-order valence-corrected chi connectivity index (χ2v) is 12.7. The minimum atomic E-state index is 0.543. The van der Waals surface area contributed by atoms with E-state index in [1.807, 2.05) is 133 Å². The zero-order chi connectivity index (χ0) is 33.4. The van der Waals surface area contributed by atoms with Crippen molar-refractivity contribution in [3.05, 3.63) is 177 Å². The number of anilines is 2. The molecule has 0 aliphatic heterocycles. The van der Waals surface area contributed by atoms with Gasteiger partial charge in [-0.15, -0.1) is 22.7 Å². The van der Waals surface area contributed by atoms with Crippen LogP contribution in [0.1, 0.15) is 27.3 Å². The van der Waals surface area contributed by atoms with Crippen LogP contribution in [0.2, 0.25) is 0 Å². The summed E-state index contributed by atoms with van der Waals surface area (Å²) in [5.74, 6) is 1.61. The van der Waals surface area contributed by atoms with Crippen molar-refractivity contribution in [3.63, 3.8) is 0 Å². The molecular weight excluding hydrogens is 645 g/mol. The van der Waals surface area contributed by atoms with Gasteiger partial charge in [-0.3, -0.25) is 10.9 Å². The van der Waals surface area contributed by atoms with E-state index >= 15 is 0 Å². The second-order valence-electron chi connectivity index (χ2n) is 10.7. The van der Waals surface area contributed by atoms with Crippen LogP contribution in [-0.2, 0) is 0 Å². The summed E-state index contributed by atoms with van der Waals surface area (Å²) < 4.78 is 12.0. The Morgan fingerprint density at radius 1 is 0.510 bits per heavy atom. The van der Waals surface area contributed by atoms with Crippen molar-refractivity contribution >= 4 is 57.6 Å². The number of ether oxygens (including phenoxy) is 2. The highest BCUT2D eigenvalue weighted by atomic mass is 32.1. The fourth-order valence-corrected chi connectivity index (χ4v) is 5.88. The molecule has 0 amide bonds. The number of nitrogens with one attached hydrogen (secondary N) is 2. The molecule has 0 radical (unpaired) electrons. The van der Waals surface area contributed by atoms with Crippen LogP contribution in [-0.4, -0.2) is 24.6 Å². The number of allylic oxidation sites excluding steroid dienone is 2. The molecule has 49 heavy (non-hydrogen) atoms. The van der Waals surface area contributed by atoms with Crippen LogP contribution in [0.15, 0.2) is 167 Å². The first kappa shape index (κ1) is 33.2. The summed E-state index contributed by atoms with van der Waals surface area (Å²) in [7, 11) is 0. The van der Waals surface area contributed by atoms with Gasteiger partial charge in [0.2, 0.25) is 0 Å². The topological polar surface area (TPSA) is 67.2 Å². The number of thiophene rings is 2. The average molecular weight is 681 g/mol. The largest absolute Gasteiger partial charge is 0.493 e. The van der Waals surface area contributed by atoms with E-state index in [0.717, 1.165) is 51.8 Å².